The number of ketones is 1. The van der Waals surface area contributed by atoms with E-state index in [1.54, 1.807) is 12.5 Å². The number of hydrazone groups is 1. The lowest BCUT2D eigenvalue weighted by atomic mass is 10.1. The summed E-state index contributed by atoms with van der Waals surface area (Å²) in [5, 5.41) is 30.0. The number of aromatic nitrogens is 4. The van der Waals surface area contributed by atoms with Crippen molar-refractivity contribution in [2.75, 3.05) is 11.2 Å². The van der Waals surface area contributed by atoms with Crippen molar-refractivity contribution < 1.29 is 24.5 Å². The molecule has 13 heteroatoms. The predicted octanol–water partition coefficient (Wildman–Crippen LogP) is -0.0271. The number of ether oxygens (including phenoxy) is 2. The Hall–Kier alpha value is -3.42. The molecule has 0 aromatic carbocycles. The number of hydrogen-bond donors (Lipinski definition) is 5. The Bertz CT molecular complexity index is 993. The zero-order valence-corrected chi connectivity index (χ0v) is 16.8. The lowest BCUT2D eigenvalue weighted by molar-refractivity contribution is -0.133. The molecule has 1 fully saturated rings. The number of nitrogen functional groups attached to an aromatic ring is 1. The van der Waals surface area contributed by atoms with Gasteiger partial charge < -0.3 is 30.8 Å². The monoisotopic (exact) mass is 432 g/mol. The molecule has 2 aliphatic rings. The number of fused-ring (bicyclic) bond motifs is 1. The molecule has 0 amide bonds. The molecular weight excluding hydrogens is 408 g/mol. The van der Waals surface area contributed by atoms with Crippen molar-refractivity contribution in [2.24, 2.45) is 5.10 Å². The van der Waals surface area contributed by atoms with Crippen LogP contribution in [0.15, 0.2) is 23.8 Å². The van der Waals surface area contributed by atoms with Crippen molar-refractivity contribution in [3.63, 3.8) is 0 Å². The van der Waals surface area contributed by atoms with E-state index in [1.165, 1.54) is 17.8 Å². The molecule has 0 bridgehead atoms. The van der Waals surface area contributed by atoms with Gasteiger partial charge in [-0.2, -0.15) is 15.1 Å². The molecule has 0 unspecified atom stereocenters. The average Bonchev–Trinajstić information content (AvgIpc) is 3.32. The number of anilines is 2. The van der Waals surface area contributed by atoms with Gasteiger partial charge in [0.15, 0.2) is 23.5 Å². The van der Waals surface area contributed by atoms with Crippen molar-refractivity contribution in [3.8, 4) is 0 Å². The fourth-order valence-corrected chi connectivity index (χ4v) is 3.24. The Balaban J connectivity index is 0.00000132. The zero-order chi connectivity index (χ0) is 22.5. The van der Waals surface area contributed by atoms with Crippen LogP contribution in [0.25, 0.3) is 11.2 Å². The highest BCUT2D eigenvalue weighted by Crippen LogP contribution is 2.32. The van der Waals surface area contributed by atoms with E-state index in [0.717, 1.165) is 12.8 Å². The Kier molecular flexibility index (Phi) is 6.89. The first-order chi connectivity index (χ1) is 15.0. The fourth-order valence-electron chi connectivity index (χ4n) is 3.24. The van der Waals surface area contributed by atoms with E-state index in [9.17, 15) is 15.0 Å². The van der Waals surface area contributed by atoms with E-state index in [2.05, 4.69) is 32.2 Å². The molecule has 5 atom stereocenters. The van der Waals surface area contributed by atoms with Crippen molar-refractivity contribution in [2.45, 2.75) is 50.4 Å². The molecule has 2 aromatic heterocycles. The highest BCUT2D eigenvalue weighted by atomic mass is 16.6. The Morgan fingerprint density at radius 2 is 2.19 bits per heavy atom. The van der Waals surface area contributed by atoms with Gasteiger partial charge in [-0.1, -0.05) is 0 Å². The molecule has 0 radical (unpaired) electrons. The third-order valence-corrected chi connectivity index (χ3v) is 4.73. The lowest BCUT2D eigenvalue weighted by Gasteiger charge is -2.16. The standard InChI is InChI=1S/C17H21N7O5.CH3N/c1-8(25)13-11(26)12(27)16(29-13)24-7-19-10-14(18)21-17(22-15(10)24)23-20-6-9-4-2-3-5-28-9;1-2/h3,5-7,9,11-13,16,26-27H,2,4H2,1H3,(H3,18,21,22,23);2H,1H2/b20-6+;/t9-,11+,12-,13-,16-;/m1./s1. The van der Waals surface area contributed by atoms with Gasteiger partial charge in [-0.3, -0.25) is 9.36 Å². The minimum atomic E-state index is -1.36. The summed E-state index contributed by atoms with van der Waals surface area (Å²) in [7, 11) is 0. The summed E-state index contributed by atoms with van der Waals surface area (Å²) in [6.45, 7) is 3.78. The minimum Gasteiger partial charge on any atom is -0.493 e. The average molecular weight is 432 g/mol. The molecule has 166 valence electrons. The third kappa shape index (κ3) is 4.52. The van der Waals surface area contributed by atoms with Crippen molar-refractivity contribution in [1.82, 2.24) is 19.5 Å². The van der Waals surface area contributed by atoms with Gasteiger partial charge in [0.25, 0.3) is 0 Å². The van der Waals surface area contributed by atoms with Crippen LogP contribution < -0.4 is 11.2 Å². The number of aliphatic hydroxyl groups excluding tert-OH is 2. The molecule has 2 aromatic rings. The molecular formula is C18H24N8O5. The van der Waals surface area contributed by atoms with Gasteiger partial charge in [0.1, 0.15) is 29.9 Å². The number of imidazole rings is 1. The molecule has 4 rings (SSSR count). The Morgan fingerprint density at radius 3 is 2.84 bits per heavy atom. The summed E-state index contributed by atoms with van der Waals surface area (Å²) in [5.41, 5.74) is 9.20. The molecule has 31 heavy (non-hydrogen) atoms. The summed E-state index contributed by atoms with van der Waals surface area (Å²) in [6, 6.07) is 0. The maximum atomic E-state index is 11.6. The number of nitrogens with two attached hydrogens (primary N) is 1. The van der Waals surface area contributed by atoms with Crippen molar-refractivity contribution in [1.29, 1.82) is 5.41 Å². The number of hydrogen-bond acceptors (Lipinski definition) is 12. The van der Waals surface area contributed by atoms with Crippen LogP contribution in [0, 0.1) is 5.41 Å². The van der Waals surface area contributed by atoms with Crippen LogP contribution in [0.1, 0.15) is 26.0 Å². The number of nitrogens with one attached hydrogen (secondary N) is 2. The van der Waals surface area contributed by atoms with Crippen LogP contribution in [0.4, 0.5) is 11.8 Å². The first-order valence-corrected chi connectivity index (χ1v) is 9.43. The minimum absolute atomic E-state index is 0.0967. The zero-order valence-electron chi connectivity index (χ0n) is 16.8. The topological polar surface area (TPSA) is 194 Å². The van der Waals surface area contributed by atoms with Crippen LogP contribution in [0.5, 0.6) is 0 Å². The number of carbonyl (C=O) groups is 1. The predicted molar refractivity (Wildman–Crippen MR) is 112 cm³/mol. The lowest BCUT2D eigenvalue weighted by Crippen LogP contribution is -2.34. The first-order valence-electron chi connectivity index (χ1n) is 9.43. The van der Waals surface area contributed by atoms with Gasteiger partial charge in [0.2, 0.25) is 5.95 Å². The number of aliphatic hydroxyl groups is 2. The van der Waals surface area contributed by atoms with Gasteiger partial charge >= 0.3 is 0 Å². The van der Waals surface area contributed by atoms with E-state index in [0.29, 0.717) is 0 Å². The fraction of sp³-hybridized carbons (Fsp3) is 0.444. The number of allylic oxidation sites excluding steroid dienone is 1. The van der Waals surface area contributed by atoms with Crippen LogP contribution in [0.3, 0.4) is 0 Å². The second kappa shape index (κ2) is 9.59. The second-order valence-corrected chi connectivity index (χ2v) is 6.81. The summed E-state index contributed by atoms with van der Waals surface area (Å²) >= 11 is 0. The number of Topliss-reactive ketones (excluding diaryl/α,β-unsaturated/α-hetero) is 1. The summed E-state index contributed by atoms with van der Waals surface area (Å²) in [6.07, 6.45) is 3.19. The smallest absolute Gasteiger partial charge is 0.247 e. The van der Waals surface area contributed by atoms with Crippen LogP contribution >= 0.6 is 0 Å². The van der Waals surface area contributed by atoms with E-state index in [4.69, 9.17) is 20.6 Å². The highest BCUT2D eigenvalue weighted by Gasteiger charge is 2.46. The molecule has 2 aliphatic heterocycles. The molecule has 0 spiro atoms. The van der Waals surface area contributed by atoms with Crippen molar-refractivity contribution in [3.05, 3.63) is 18.7 Å². The van der Waals surface area contributed by atoms with Gasteiger partial charge in [-0.25, -0.2) is 10.4 Å². The summed E-state index contributed by atoms with van der Waals surface area (Å²) in [4.78, 5) is 24.2. The van der Waals surface area contributed by atoms with Crippen molar-refractivity contribution >= 4 is 41.6 Å². The molecule has 4 heterocycles. The number of carbonyl (C=O) groups excluding carboxylic acids is 1. The normalized spacial score (nSPS) is 27.6. The van der Waals surface area contributed by atoms with Gasteiger partial charge in [-0.05, 0) is 32.6 Å². The largest absolute Gasteiger partial charge is 0.493 e. The Morgan fingerprint density at radius 1 is 1.42 bits per heavy atom. The van der Waals surface area contributed by atoms with E-state index in [-0.39, 0.29) is 29.0 Å². The molecule has 6 N–H and O–H groups in total. The number of rotatable bonds is 5. The van der Waals surface area contributed by atoms with E-state index >= 15 is 0 Å². The summed E-state index contributed by atoms with van der Waals surface area (Å²) in [5.74, 6) is -0.191. The van der Waals surface area contributed by atoms with Gasteiger partial charge in [0.05, 0.1) is 18.8 Å². The first kappa shape index (κ1) is 22.3. The number of nitrogens with zero attached hydrogens (tertiary/aromatic N) is 5. The van der Waals surface area contributed by atoms with Gasteiger partial charge in [-0.15, -0.1) is 0 Å². The Labute approximate surface area is 177 Å². The van der Waals surface area contributed by atoms with Crippen LogP contribution in [-0.2, 0) is 14.3 Å². The third-order valence-electron chi connectivity index (χ3n) is 4.73. The maximum Gasteiger partial charge on any atom is 0.247 e. The van der Waals surface area contributed by atoms with Crippen LogP contribution in [-0.4, -0.2) is 72.9 Å². The van der Waals surface area contributed by atoms with E-state index in [1.807, 2.05) is 6.08 Å². The van der Waals surface area contributed by atoms with Gasteiger partial charge in [0, 0.05) is 0 Å². The highest BCUT2D eigenvalue weighted by molar-refractivity contribution is 5.83. The second-order valence-electron chi connectivity index (χ2n) is 6.81. The quantitative estimate of drug-likeness (QED) is 0.316. The van der Waals surface area contributed by atoms with E-state index < -0.39 is 30.3 Å². The summed E-state index contributed by atoms with van der Waals surface area (Å²) < 4.78 is 12.3. The SMILES string of the molecule is C=N.CC(=O)[C@H]1O[C@@H](n2cnc3c(N)nc(N/N=C/[C@H]4CCC=CO4)nc32)[C@H](O)[C@@H]1O. The van der Waals surface area contributed by atoms with Crippen LogP contribution in [0.2, 0.25) is 0 Å². The maximum absolute atomic E-state index is 11.6. The molecule has 0 saturated carbocycles. The molecule has 1 saturated heterocycles. The molecule has 0 aliphatic carbocycles. The molecule has 13 nitrogen and oxygen atoms in total.